The first kappa shape index (κ1) is 24.1. The number of benzene rings is 2. The number of esters is 1. The molecule has 174 valence electrons. The predicted octanol–water partition coefficient (Wildman–Crippen LogP) is 4.61. The molecule has 0 bridgehead atoms. The van der Waals surface area contributed by atoms with Crippen LogP contribution in [0.5, 0.6) is 0 Å². The Balaban J connectivity index is 1.66. The third kappa shape index (κ3) is 5.83. The molecule has 1 aliphatic carbocycles. The standard InChI is InChI=1S/C25H29N3O5/c1-15(2)33-24(30)22(12-13-23(29)16(3)28-26)27-25(31)32-14-21-19-10-6-4-8-17(19)18-9-5-7-11-20(18)21/h4-11,15-16,21-22,26H,12-14H2,1-3H3,(H,27,31). The zero-order valence-corrected chi connectivity index (χ0v) is 19.0. The van der Waals surface area contributed by atoms with Gasteiger partial charge in [0.25, 0.3) is 0 Å². The Morgan fingerprint density at radius 2 is 1.58 bits per heavy atom. The molecule has 1 aliphatic rings. The summed E-state index contributed by atoms with van der Waals surface area (Å²) in [6.45, 7) is 5.03. The molecule has 2 unspecified atom stereocenters. The van der Waals surface area contributed by atoms with Crippen molar-refractivity contribution >= 4 is 17.8 Å². The van der Waals surface area contributed by atoms with E-state index in [1.165, 1.54) is 6.92 Å². The lowest BCUT2D eigenvalue weighted by Gasteiger charge is -2.20. The van der Waals surface area contributed by atoms with Crippen molar-refractivity contribution in [1.29, 1.82) is 5.53 Å². The van der Waals surface area contributed by atoms with Crippen molar-refractivity contribution < 1.29 is 23.9 Å². The summed E-state index contributed by atoms with van der Waals surface area (Å²) in [6, 6.07) is 14.2. The first-order valence-electron chi connectivity index (χ1n) is 11.0. The van der Waals surface area contributed by atoms with Gasteiger partial charge in [-0.25, -0.2) is 15.1 Å². The number of hydrogen-bond donors (Lipinski definition) is 2. The van der Waals surface area contributed by atoms with E-state index in [1.807, 2.05) is 48.5 Å². The summed E-state index contributed by atoms with van der Waals surface area (Å²) in [5.41, 5.74) is 11.4. The van der Waals surface area contributed by atoms with Crippen LogP contribution >= 0.6 is 0 Å². The fourth-order valence-electron chi connectivity index (χ4n) is 3.91. The van der Waals surface area contributed by atoms with Crippen molar-refractivity contribution in [2.24, 2.45) is 5.11 Å². The van der Waals surface area contributed by atoms with Gasteiger partial charge in [-0.2, -0.15) is 5.11 Å². The van der Waals surface area contributed by atoms with E-state index in [-0.39, 0.29) is 37.3 Å². The summed E-state index contributed by atoms with van der Waals surface area (Å²) in [7, 11) is 0. The Labute approximate surface area is 193 Å². The van der Waals surface area contributed by atoms with E-state index in [0.717, 1.165) is 22.3 Å². The molecule has 0 spiro atoms. The van der Waals surface area contributed by atoms with Crippen molar-refractivity contribution in [3.8, 4) is 11.1 Å². The van der Waals surface area contributed by atoms with E-state index in [0.29, 0.717) is 0 Å². The molecule has 2 N–H and O–H groups in total. The summed E-state index contributed by atoms with van der Waals surface area (Å²) >= 11 is 0. The normalized spacial score (nSPS) is 14.1. The number of carbonyl (C=O) groups is 3. The van der Waals surface area contributed by atoms with E-state index >= 15 is 0 Å². The average molecular weight is 452 g/mol. The molecule has 0 aromatic heterocycles. The molecule has 0 heterocycles. The van der Waals surface area contributed by atoms with Gasteiger partial charge in [0.2, 0.25) is 0 Å². The van der Waals surface area contributed by atoms with Gasteiger partial charge < -0.3 is 14.8 Å². The smallest absolute Gasteiger partial charge is 0.407 e. The Bertz CT molecular complexity index is 991. The maximum absolute atomic E-state index is 12.6. The van der Waals surface area contributed by atoms with Crippen molar-refractivity contribution in [1.82, 2.24) is 5.32 Å². The van der Waals surface area contributed by atoms with Crippen LogP contribution in [0.4, 0.5) is 4.79 Å². The molecule has 0 radical (unpaired) electrons. The topological polar surface area (TPSA) is 118 Å². The third-order valence-electron chi connectivity index (χ3n) is 5.61. The molecule has 8 heteroatoms. The molecule has 33 heavy (non-hydrogen) atoms. The van der Waals surface area contributed by atoms with Gasteiger partial charge in [0, 0.05) is 12.3 Å². The van der Waals surface area contributed by atoms with Gasteiger partial charge in [0.1, 0.15) is 18.7 Å². The van der Waals surface area contributed by atoms with Gasteiger partial charge in [0.15, 0.2) is 5.78 Å². The van der Waals surface area contributed by atoms with Crippen LogP contribution in [-0.2, 0) is 19.1 Å². The Morgan fingerprint density at radius 1 is 1.00 bits per heavy atom. The van der Waals surface area contributed by atoms with Gasteiger partial charge in [-0.15, -0.1) is 0 Å². The Morgan fingerprint density at radius 3 is 2.12 bits per heavy atom. The number of Topliss-reactive ketones (excluding diaryl/α,β-unsaturated/α-hetero) is 1. The maximum Gasteiger partial charge on any atom is 0.407 e. The first-order valence-corrected chi connectivity index (χ1v) is 11.0. The summed E-state index contributed by atoms with van der Waals surface area (Å²) in [5, 5.41) is 5.74. The highest BCUT2D eigenvalue weighted by atomic mass is 16.6. The summed E-state index contributed by atoms with van der Waals surface area (Å²) in [5.74, 6) is -1.03. The number of carbonyl (C=O) groups excluding carboxylic acids is 3. The van der Waals surface area contributed by atoms with Crippen molar-refractivity contribution in [3.63, 3.8) is 0 Å². The monoisotopic (exact) mass is 451 g/mol. The maximum atomic E-state index is 12.6. The number of rotatable bonds is 10. The van der Waals surface area contributed by atoms with Crippen molar-refractivity contribution in [2.45, 2.75) is 57.7 Å². The minimum atomic E-state index is -1.04. The lowest BCUT2D eigenvalue weighted by atomic mass is 9.98. The predicted molar refractivity (Wildman–Crippen MR) is 122 cm³/mol. The molecule has 3 rings (SSSR count). The molecule has 8 nitrogen and oxygen atoms in total. The second kappa shape index (κ2) is 10.8. The van der Waals surface area contributed by atoms with E-state index < -0.39 is 24.1 Å². The SMILES string of the molecule is CC(C)OC(=O)C(CCC(=O)C(C)N=N)NC(=O)OCC1c2ccccc2-c2ccccc21. The number of hydrogen-bond acceptors (Lipinski definition) is 7. The van der Waals surface area contributed by atoms with Gasteiger partial charge >= 0.3 is 12.1 Å². The summed E-state index contributed by atoms with van der Waals surface area (Å²) in [6.07, 6.45) is -1.12. The van der Waals surface area contributed by atoms with Crippen LogP contribution in [0.2, 0.25) is 0 Å². The van der Waals surface area contributed by atoms with Crippen LogP contribution < -0.4 is 5.32 Å². The van der Waals surface area contributed by atoms with E-state index in [4.69, 9.17) is 15.0 Å². The number of ketones is 1. The number of fused-ring (bicyclic) bond motifs is 3. The van der Waals surface area contributed by atoms with Crippen LogP contribution in [0.1, 0.15) is 50.7 Å². The van der Waals surface area contributed by atoms with Crippen LogP contribution in [-0.4, -0.2) is 42.6 Å². The van der Waals surface area contributed by atoms with Crippen LogP contribution in [0.3, 0.4) is 0 Å². The fourth-order valence-corrected chi connectivity index (χ4v) is 3.91. The molecule has 1 amide bonds. The zero-order chi connectivity index (χ0) is 24.0. The summed E-state index contributed by atoms with van der Waals surface area (Å²) < 4.78 is 10.7. The number of alkyl carbamates (subject to hydrolysis) is 1. The molecule has 2 aromatic rings. The summed E-state index contributed by atoms with van der Waals surface area (Å²) in [4.78, 5) is 37.1. The van der Waals surface area contributed by atoms with Gasteiger partial charge in [-0.1, -0.05) is 48.5 Å². The number of amides is 1. The number of ether oxygens (including phenoxy) is 2. The van der Waals surface area contributed by atoms with E-state index in [2.05, 4.69) is 10.4 Å². The molecule has 0 saturated heterocycles. The van der Waals surface area contributed by atoms with Crippen molar-refractivity contribution in [3.05, 3.63) is 59.7 Å². The highest BCUT2D eigenvalue weighted by Crippen LogP contribution is 2.44. The lowest BCUT2D eigenvalue weighted by Crippen LogP contribution is -2.43. The van der Waals surface area contributed by atoms with Gasteiger partial charge in [-0.3, -0.25) is 4.79 Å². The Kier molecular flexibility index (Phi) is 7.92. The molecule has 0 aliphatic heterocycles. The second-order valence-electron chi connectivity index (χ2n) is 8.32. The second-order valence-corrected chi connectivity index (χ2v) is 8.32. The van der Waals surface area contributed by atoms with E-state index in [1.54, 1.807) is 13.8 Å². The molecule has 2 aromatic carbocycles. The molecule has 2 atom stereocenters. The van der Waals surface area contributed by atoms with Crippen LogP contribution in [0.25, 0.3) is 11.1 Å². The fraction of sp³-hybridized carbons (Fsp3) is 0.400. The lowest BCUT2D eigenvalue weighted by molar-refractivity contribution is -0.150. The van der Waals surface area contributed by atoms with E-state index in [9.17, 15) is 14.4 Å². The highest BCUT2D eigenvalue weighted by molar-refractivity contribution is 5.86. The number of nitrogens with one attached hydrogen (secondary N) is 2. The molecular weight excluding hydrogens is 422 g/mol. The average Bonchev–Trinajstić information content (AvgIpc) is 3.12. The largest absolute Gasteiger partial charge is 0.461 e. The zero-order valence-electron chi connectivity index (χ0n) is 19.0. The first-order chi connectivity index (χ1) is 15.8. The van der Waals surface area contributed by atoms with Gasteiger partial charge in [0.05, 0.1) is 6.10 Å². The highest BCUT2D eigenvalue weighted by Gasteiger charge is 2.30. The van der Waals surface area contributed by atoms with Gasteiger partial charge in [-0.05, 0) is 49.4 Å². The Hall–Kier alpha value is -3.55. The molecule has 0 fully saturated rings. The molecular formula is C25H29N3O5. The molecule has 0 saturated carbocycles. The minimum Gasteiger partial charge on any atom is -0.461 e. The number of nitrogens with zero attached hydrogens (tertiary/aromatic N) is 1. The minimum absolute atomic E-state index is 0.0228. The van der Waals surface area contributed by atoms with Crippen molar-refractivity contribution in [2.75, 3.05) is 6.61 Å². The quantitative estimate of drug-likeness (QED) is 0.404. The third-order valence-corrected chi connectivity index (χ3v) is 5.61. The van der Waals surface area contributed by atoms with Crippen LogP contribution in [0.15, 0.2) is 53.6 Å². The van der Waals surface area contributed by atoms with Crippen LogP contribution in [0, 0.1) is 5.53 Å².